The highest BCUT2D eigenvalue weighted by Crippen LogP contribution is 2.36. The Balaban J connectivity index is 1.86. The van der Waals surface area contributed by atoms with Gasteiger partial charge in [0.25, 0.3) is 0 Å². The van der Waals surface area contributed by atoms with Crippen molar-refractivity contribution >= 4 is 5.91 Å². The van der Waals surface area contributed by atoms with Crippen LogP contribution in [-0.4, -0.2) is 36.0 Å². The van der Waals surface area contributed by atoms with Crippen molar-refractivity contribution in [3.05, 3.63) is 0 Å². The van der Waals surface area contributed by atoms with Gasteiger partial charge in [0.2, 0.25) is 5.91 Å². The van der Waals surface area contributed by atoms with Gasteiger partial charge in [-0.1, -0.05) is 0 Å². The molecule has 0 aromatic heterocycles. The zero-order valence-electron chi connectivity index (χ0n) is 7.78. The topological polar surface area (TPSA) is 72.3 Å². The Morgan fingerprint density at radius 1 is 1.54 bits per heavy atom. The number of hydrogen-bond donors (Lipinski definition) is 2. The Hall–Kier alpha value is -0.610. The van der Waals surface area contributed by atoms with Crippen LogP contribution in [0.25, 0.3) is 0 Å². The summed E-state index contributed by atoms with van der Waals surface area (Å²) < 4.78 is 0. The lowest BCUT2D eigenvalue weighted by Crippen LogP contribution is -2.48. The largest absolute Gasteiger partial charge is 0.368 e. The zero-order valence-corrected chi connectivity index (χ0v) is 7.78. The van der Waals surface area contributed by atoms with Crippen LogP contribution in [0.1, 0.15) is 19.3 Å². The first-order valence-corrected chi connectivity index (χ1v) is 4.95. The van der Waals surface area contributed by atoms with Crippen LogP contribution >= 0.6 is 0 Å². The summed E-state index contributed by atoms with van der Waals surface area (Å²) in [4.78, 5) is 13.1. The number of nitrogens with two attached hydrogens (primary N) is 2. The molecule has 1 heterocycles. The van der Waals surface area contributed by atoms with Gasteiger partial charge in [0.05, 0.1) is 6.04 Å². The van der Waals surface area contributed by atoms with E-state index in [1.807, 2.05) is 0 Å². The van der Waals surface area contributed by atoms with E-state index in [-0.39, 0.29) is 5.91 Å². The van der Waals surface area contributed by atoms with Crippen LogP contribution in [0.5, 0.6) is 0 Å². The van der Waals surface area contributed by atoms with Crippen molar-refractivity contribution < 1.29 is 4.79 Å². The van der Waals surface area contributed by atoms with Gasteiger partial charge in [0.15, 0.2) is 0 Å². The van der Waals surface area contributed by atoms with Gasteiger partial charge in [-0.3, -0.25) is 9.69 Å². The van der Waals surface area contributed by atoms with E-state index in [4.69, 9.17) is 11.5 Å². The van der Waals surface area contributed by atoms with Gasteiger partial charge in [-0.15, -0.1) is 0 Å². The molecule has 4 heteroatoms. The molecule has 2 bridgehead atoms. The van der Waals surface area contributed by atoms with Crippen LogP contribution in [0.4, 0.5) is 0 Å². The molecule has 74 valence electrons. The Morgan fingerprint density at radius 3 is 2.77 bits per heavy atom. The Labute approximate surface area is 78.2 Å². The average molecular weight is 183 g/mol. The molecule has 1 aliphatic carbocycles. The van der Waals surface area contributed by atoms with Gasteiger partial charge in [-0.25, -0.2) is 0 Å². The minimum atomic E-state index is -0.487. The minimum absolute atomic E-state index is 0.386. The molecule has 13 heavy (non-hydrogen) atoms. The first kappa shape index (κ1) is 8.97. The predicted octanol–water partition coefficient (Wildman–Crippen LogP) is -0.717. The van der Waals surface area contributed by atoms with E-state index in [1.54, 1.807) is 0 Å². The first-order chi connectivity index (χ1) is 6.16. The van der Waals surface area contributed by atoms with Crippen LogP contribution in [0.15, 0.2) is 0 Å². The van der Waals surface area contributed by atoms with Crippen molar-refractivity contribution in [2.45, 2.75) is 31.3 Å². The van der Waals surface area contributed by atoms with Crippen molar-refractivity contribution in [2.75, 3.05) is 13.1 Å². The second-order valence-electron chi connectivity index (χ2n) is 4.30. The normalized spacial score (nSPS) is 35.2. The SMILES string of the molecule is NC(=O)C(N)CN1CC2CCC1C2. The second kappa shape index (κ2) is 3.27. The second-order valence-corrected chi connectivity index (χ2v) is 4.30. The molecule has 1 amide bonds. The third-order valence-corrected chi connectivity index (χ3v) is 3.32. The lowest BCUT2D eigenvalue weighted by molar-refractivity contribution is -0.119. The van der Waals surface area contributed by atoms with Gasteiger partial charge in [-0.05, 0) is 25.2 Å². The summed E-state index contributed by atoms with van der Waals surface area (Å²) in [7, 11) is 0. The maximum Gasteiger partial charge on any atom is 0.235 e. The van der Waals surface area contributed by atoms with E-state index >= 15 is 0 Å². The van der Waals surface area contributed by atoms with Gasteiger partial charge in [0.1, 0.15) is 0 Å². The Morgan fingerprint density at radius 2 is 2.31 bits per heavy atom. The molecule has 2 fully saturated rings. The molecule has 2 aliphatic rings. The zero-order chi connectivity index (χ0) is 9.42. The standard InChI is InChI=1S/C9H17N3O/c10-8(9(11)13)5-12-4-6-1-2-7(12)3-6/h6-8H,1-5,10H2,(H2,11,13). The quantitative estimate of drug-likeness (QED) is 0.606. The molecule has 0 aromatic rings. The molecule has 0 radical (unpaired) electrons. The fourth-order valence-corrected chi connectivity index (χ4v) is 2.59. The first-order valence-electron chi connectivity index (χ1n) is 4.95. The highest BCUT2D eigenvalue weighted by atomic mass is 16.1. The van der Waals surface area contributed by atoms with E-state index in [2.05, 4.69) is 4.90 Å². The summed E-state index contributed by atoms with van der Waals surface area (Å²) in [6.07, 6.45) is 3.93. The lowest BCUT2D eigenvalue weighted by Gasteiger charge is -2.28. The Bertz CT molecular complexity index is 219. The third kappa shape index (κ3) is 1.69. The van der Waals surface area contributed by atoms with Gasteiger partial charge in [-0.2, -0.15) is 0 Å². The fraction of sp³-hybridized carbons (Fsp3) is 0.889. The van der Waals surface area contributed by atoms with Crippen LogP contribution < -0.4 is 11.5 Å². The van der Waals surface area contributed by atoms with Crippen LogP contribution in [0.3, 0.4) is 0 Å². The molecule has 4 nitrogen and oxygen atoms in total. The number of carbonyl (C=O) groups excluding carboxylic acids is 1. The number of nitrogens with zero attached hydrogens (tertiary/aromatic N) is 1. The van der Waals surface area contributed by atoms with E-state index in [0.717, 1.165) is 12.5 Å². The van der Waals surface area contributed by atoms with Gasteiger partial charge < -0.3 is 11.5 Å². The summed E-state index contributed by atoms with van der Waals surface area (Å²) in [5.74, 6) is 0.466. The number of amides is 1. The number of carbonyl (C=O) groups is 1. The number of likely N-dealkylation sites (tertiary alicyclic amines) is 1. The van der Waals surface area contributed by atoms with Crippen LogP contribution in [-0.2, 0) is 4.79 Å². The lowest BCUT2D eigenvalue weighted by atomic mass is 10.1. The summed E-state index contributed by atoms with van der Waals surface area (Å²) in [5, 5.41) is 0. The van der Waals surface area contributed by atoms with E-state index in [1.165, 1.54) is 19.3 Å². The average Bonchev–Trinajstić information content (AvgIpc) is 2.64. The number of hydrogen-bond acceptors (Lipinski definition) is 3. The molecule has 1 aliphatic heterocycles. The summed E-state index contributed by atoms with van der Waals surface area (Å²) in [5.41, 5.74) is 10.7. The number of rotatable bonds is 3. The maximum absolute atomic E-state index is 10.8. The minimum Gasteiger partial charge on any atom is -0.368 e. The molecular formula is C9H17N3O. The molecule has 4 N–H and O–H groups in total. The van der Waals surface area contributed by atoms with E-state index < -0.39 is 6.04 Å². The monoisotopic (exact) mass is 183 g/mol. The summed E-state index contributed by atoms with van der Waals surface area (Å²) in [6, 6.07) is 0.190. The highest BCUT2D eigenvalue weighted by Gasteiger charge is 2.38. The van der Waals surface area contributed by atoms with E-state index in [0.29, 0.717) is 12.6 Å². The molecule has 3 atom stereocenters. The molecule has 3 unspecified atom stereocenters. The van der Waals surface area contributed by atoms with Crippen molar-refractivity contribution in [1.29, 1.82) is 0 Å². The van der Waals surface area contributed by atoms with Crippen LogP contribution in [0, 0.1) is 5.92 Å². The van der Waals surface area contributed by atoms with Gasteiger partial charge in [0, 0.05) is 19.1 Å². The molecule has 1 saturated carbocycles. The molecule has 1 saturated heterocycles. The highest BCUT2D eigenvalue weighted by molar-refractivity contribution is 5.79. The van der Waals surface area contributed by atoms with E-state index in [9.17, 15) is 4.79 Å². The summed E-state index contributed by atoms with van der Waals surface area (Å²) in [6.45, 7) is 1.77. The molecule has 2 rings (SSSR count). The maximum atomic E-state index is 10.8. The van der Waals surface area contributed by atoms with Gasteiger partial charge >= 0.3 is 0 Å². The third-order valence-electron chi connectivity index (χ3n) is 3.32. The molecule has 0 spiro atoms. The van der Waals surface area contributed by atoms with Crippen LogP contribution in [0.2, 0.25) is 0 Å². The predicted molar refractivity (Wildman–Crippen MR) is 49.9 cm³/mol. The molecule has 0 aromatic carbocycles. The van der Waals surface area contributed by atoms with Crippen molar-refractivity contribution in [3.63, 3.8) is 0 Å². The smallest absolute Gasteiger partial charge is 0.235 e. The van der Waals surface area contributed by atoms with Crippen molar-refractivity contribution in [2.24, 2.45) is 17.4 Å². The molecular weight excluding hydrogens is 166 g/mol. The number of piperidine rings is 1. The summed E-state index contributed by atoms with van der Waals surface area (Å²) >= 11 is 0. The number of primary amides is 1. The van der Waals surface area contributed by atoms with Crippen molar-refractivity contribution in [3.8, 4) is 0 Å². The fourth-order valence-electron chi connectivity index (χ4n) is 2.59. The number of fused-ring (bicyclic) bond motifs is 2. The van der Waals surface area contributed by atoms with Crippen molar-refractivity contribution in [1.82, 2.24) is 4.90 Å². The Kier molecular flexibility index (Phi) is 2.26.